The summed E-state index contributed by atoms with van der Waals surface area (Å²) in [6, 6.07) is 21.1. The van der Waals surface area contributed by atoms with Crippen molar-refractivity contribution in [2.45, 2.75) is 6.92 Å². The second-order valence-corrected chi connectivity index (χ2v) is 7.58. The minimum atomic E-state index is -0.335. The van der Waals surface area contributed by atoms with E-state index in [4.69, 9.17) is 21.7 Å². The summed E-state index contributed by atoms with van der Waals surface area (Å²) in [6.45, 7) is 2.86. The zero-order valence-corrected chi connectivity index (χ0v) is 19.2. The molecular weight excluding hydrogens is 438 g/mol. The first-order chi connectivity index (χ1) is 15.9. The highest BCUT2D eigenvalue weighted by Crippen LogP contribution is 2.16. The van der Waals surface area contributed by atoms with Gasteiger partial charge in [0.1, 0.15) is 12.4 Å². The zero-order chi connectivity index (χ0) is 23.6. The fourth-order valence-corrected chi connectivity index (χ4v) is 3.12. The first-order valence-electron chi connectivity index (χ1n) is 10.3. The average molecular weight is 464 g/mol. The van der Waals surface area contributed by atoms with Gasteiger partial charge in [-0.15, -0.1) is 0 Å². The Hall–Kier alpha value is -3.75. The minimum absolute atomic E-state index is 0.164. The van der Waals surface area contributed by atoms with Crippen molar-refractivity contribution in [3.05, 3.63) is 89.5 Å². The van der Waals surface area contributed by atoms with Crippen LogP contribution in [0, 0.1) is 6.92 Å². The maximum atomic E-state index is 12.4. The fourth-order valence-electron chi connectivity index (χ4n) is 2.91. The van der Waals surface area contributed by atoms with E-state index >= 15 is 0 Å². The summed E-state index contributed by atoms with van der Waals surface area (Å²) in [5.41, 5.74) is 3.39. The van der Waals surface area contributed by atoms with Crippen molar-refractivity contribution in [1.82, 2.24) is 5.32 Å². The number of thiocarbonyl (C=S) groups is 1. The molecule has 170 valence electrons. The van der Waals surface area contributed by atoms with Gasteiger partial charge < -0.3 is 20.1 Å². The third-order valence-corrected chi connectivity index (χ3v) is 4.78. The van der Waals surface area contributed by atoms with E-state index in [1.165, 1.54) is 0 Å². The highest BCUT2D eigenvalue weighted by molar-refractivity contribution is 7.80. The standard InChI is InChI=1S/C25H25N3O4S/c1-17-4-3-5-19(16-17)24(30)26-20-8-10-21(11-9-20)27-25(33)28-23(29)18-6-12-22(13-7-18)32-15-14-31-2/h3-13,16H,14-15H2,1-2H3,(H,26,30)(H2,27,28,29,33). The van der Waals surface area contributed by atoms with Gasteiger partial charge in [-0.3, -0.25) is 14.9 Å². The van der Waals surface area contributed by atoms with E-state index in [9.17, 15) is 9.59 Å². The molecule has 0 aliphatic carbocycles. The number of hydrogen-bond donors (Lipinski definition) is 3. The van der Waals surface area contributed by atoms with Gasteiger partial charge in [0.25, 0.3) is 11.8 Å². The normalized spacial score (nSPS) is 10.2. The summed E-state index contributed by atoms with van der Waals surface area (Å²) in [5.74, 6) is 0.133. The van der Waals surface area contributed by atoms with E-state index in [2.05, 4.69) is 16.0 Å². The number of anilines is 2. The monoisotopic (exact) mass is 463 g/mol. The van der Waals surface area contributed by atoms with Crippen LogP contribution < -0.4 is 20.7 Å². The van der Waals surface area contributed by atoms with Crippen molar-refractivity contribution < 1.29 is 19.1 Å². The van der Waals surface area contributed by atoms with Crippen LogP contribution >= 0.6 is 12.2 Å². The number of hydrogen-bond acceptors (Lipinski definition) is 5. The van der Waals surface area contributed by atoms with Crippen LogP contribution in [0.2, 0.25) is 0 Å². The molecule has 0 saturated heterocycles. The van der Waals surface area contributed by atoms with Gasteiger partial charge in [-0.2, -0.15) is 0 Å². The van der Waals surface area contributed by atoms with Crippen molar-refractivity contribution in [3.8, 4) is 5.75 Å². The Labute approximate surface area is 198 Å². The number of nitrogens with one attached hydrogen (secondary N) is 3. The summed E-state index contributed by atoms with van der Waals surface area (Å²) in [6.07, 6.45) is 0. The second kappa shape index (κ2) is 11.8. The Bertz CT molecular complexity index is 1120. The smallest absolute Gasteiger partial charge is 0.257 e. The Morgan fingerprint density at radius 1 is 0.818 bits per heavy atom. The van der Waals surface area contributed by atoms with Gasteiger partial charge in [-0.1, -0.05) is 17.7 Å². The number of carbonyl (C=O) groups excluding carboxylic acids is 2. The van der Waals surface area contributed by atoms with Crippen LogP contribution in [0.15, 0.2) is 72.8 Å². The van der Waals surface area contributed by atoms with E-state index in [-0.39, 0.29) is 16.9 Å². The van der Waals surface area contributed by atoms with Crippen molar-refractivity contribution in [3.63, 3.8) is 0 Å². The lowest BCUT2D eigenvalue weighted by molar-refractivity contribution is 0.0976. The third kappa shape index (κ3) is 7.41. The van der Waals surface area contributed by atoms with E-state index in [1.54, 1.807) is 61.7 Å². The molecule has 0 saturated carbocycles. The van der Waals surface area contributed by atoms with Crippen molar-refractivity contribution in [2.75, 3.05) is 31.0 Å². The quantitative estimate of drug-likeness (QED) is 0.339. The summed E-state index contributed by atoms with van der Waals surface area (Å²) in [4.78, 5) is 24.8. The summed E-state index contributed by atoms with van der Waals surface area (Å²) < 4.78 is 10.4. The van der Waals surface area contributed by atoms with Crippen molar-refractivity contribution >= 4 is 40.5 Å². The van der Waals surface area contributed by atoms with E-state index < -0.39 is 0 Å². The molecule has 0 radical (unpaired) electrons. The van der Waals surface area contributed by atoms with Crippen LogP contribution in [0.5, 0.6) is 5.75 Å². The van der Waals surface area contributed by atoms with Crippen LogP contribution in [-0.4, -0.2) is 37.3 Å². The topological polar surface area (TPSA) is 88.7 Å². The third-order valence-electron chi connectivity index (χ3n) is 4.58. The summed E-state index contributed by atoms with van der Waals surface area (Å²) in [7, 11) is 1.60. The Morgan fingerprint density at radius 2 is 1.48 bits per heavy atom. The zero-order valence-electron chi connectivity index (χ0n) is 18.4. The summed E-state index contributed by atoms with van der Waals surface area (Å²) in [5, 5.41) is 8.61. The molecule has 0 fully saturated rings. The second-order valence-electron chi connectivity index (χ2n) is 7.17. The lowest BCUT2D eigenvalue weighted by Crippen LogP contribution is -2.34. The van der Waals surface area contributed by atoms with Crippen molar-refractivity contribution in [1.29, 1.82) is 0 Å². The molecule has 7 nitrogen and oxygen atoms in total. The largest absolute Gasteiger partial charge is 0.491 e. The van der Waals surface area contributed by atoms with Gasteiger partial charge in [0.15, 0.2) is 5.11 Å². The number of ether oxygens (including phenoxy) is 2. The minimum Gasteiger partial charge on any atom is -0.491 e. The number of amides is 2. The highest BCUT2D eigenvalue weighted by Gasteiger charge is 2.09. The number of methoxy groups -OCH3 is 1. The number of carbonyl (C=O) groups is 2. The molecule has 0 unspecified atom stereocenters. The van der Waals surface area contributed by atoms with Crippen LogP contribution in [0.3, 0.4) is 0 Å². The Morgan fingerprint density at radius 3 is 2.12 bits per heavy atom. The van der Waals surface area contributed by atoms with Gasteiger partial charge in [-0.25, -0.2) is 0 Å². The molecule has 0 heterocycles. The van der Waals surface area contributed by atoms with Crippen LogP contribution in [0.1, 0.15) is 26.3 Å². The molecule has 0 aliphatic rings. The molecule has 0 aromatic heterocycles. The van der Waals surface area contributed by atoms with Crippen LogP contribution in [0.25, 0.3) is 0 Å². The van der Waals surface area contributed by atoms with Crippen LogP contribution in [-0.2, 0) is 4.74 Å². The van der Waals surface area contributed by atoms with Gasteiger partial charge >= 0.3 is 0 Å². The predicted octanol–water partition coefficient (Wildman–Crippen LogP) is 4.40. The van der Waals surface area contributed by atoms with E-state index in [0.717, 1.165) is 5.56 Å². The first-order valence-corrected chi connectivity index (χ1v) is 10.7. The summed E-state index contributed by atoms with van der Waals surface area (Å²) >= 11 is 5.24. The molecule has 0 bridgehead atoms. The molecule has 0 spiro atoms. The molecule has 3 aromatic carbocycles. The van der Waals surface area contributed by atoms with Gasteiger partial charge in [-0.05, 0) is 79.8 Å². The van der Waals surface area contributed by atoms with Crippen LogP contribution in [0.4, 0.5) is 11.4 Å². The van der Waals surface area contributed by atoms with Gasteiger partial charge in [0.05, 0.1) is 6.61 Å². The molecule has 3 N–H and O–H groups in total. The molecule has 3 aromatic rings. The average Bonchev–Trinajstić information content (AvgIpc) is 2.81. The molecule has 2 amide bonds. The molecular formula is C25H25N3O4S. The Balaban J connectivity index is 1.50. The maximum Gasteiger partial charge on any atom is 0.257 e. The molecule has 0 aliphatic heterocycles. The SMILES string of the molecule is COCCOc1ccc(C(=O)NC(=S)Nc2ccc(NC(=O)c3cccc(C)c3)cc2)cc1. The molecule has 3 rings (SSSR count). The first kappa shape index (κ1) is 23.9. The van der Waals surface area contributed by atoms with Crippen molar-refractivity contribution in [2.24, 2.45) is 0 Å². The lowest BCUT2D eigenvalue weighted by atomic mass is 10.1. The fraction of sp³-hybridized carbons (Fsp3) is 0.160. The van der Waals surface area contributed by atoms with E-state index in [1.807, 2.05) is 25.1 Å². The van der Waals surface area contributed by atoms with Gasteiger partial charge in [0.2, 0.25) is 0 Å². The van der Waals surface area contributed by atoms with E-state index in [0.29, 0.717) is 41.5 Å². The van der Waals surface area contributed by atoms with Gasteiger partial charge in [0, 0.05) is 29.6 Å². The number of aryl methyl sites for hydroxylation is 1. The maximum absolute atomic E-state index is 12.4. The number of benzene rings is 3. The lowest BCUT2D eigenvalue weighted by Gasteiger charge is -2.11. The Kier molecular flexibility index (Phi) is 8.51. The number of rotatable bonds is 8. The molecule has 33 heavy (non-hydrogen) atoms. The highest BCUT2D eigenvalue weighted by atomic mass is 32.1. The predicted molar refractivity (Wildman–Crippen MR) is 133 cm³/mol. The molecule has 0 atom stereocenters. The molecule has 8 heteroatoms.